The van der Waals surface area contributed by atoms with Crippen LogP contribution in [0.5, 0.6) is 0 Å². The average Bonchev–Trinajstić information content (AvgIpc) is 2.71. The van der Waals surface area contributed by atoms with Crippen LogP contribution in [0, 0.1) is 0 Å². The number of quaternary nitrogens is 1. The van der Waals surface area contributed by atoms with E-state index in [1.165, 1.54) is 77.0 Å². The summed E-state index contributed by atoms with van der Waals surface area (Å²) in [5.74, 6) is 0. The number of aliphatic hydroxyl groups excluding tert-OH is 1. The largest absolute Gasteiger partial charge is 0.756 e. The van der Waals surface area contributed by atoms with Crippen molar-refractivity contribution in [2.75, 3.05) is 54.1 Å². The molecule has 32 heavy (non-hydrogen) atoms. The molecule has 0 bridgehead atoms. The van der Waals surface area contributed by atoms with Crippen molar-refractivity contribution in [3.63, 3.8) is 0 Å². The second-order valence-corrected chi connectivity index (χ2v) is 11.3. The maximum absolute atomic E-state index is 11.7. The highest BCUT2D eigenvalue weighted by Gasteiger charge is 2.15. The van der Waals surface area contributed by atoms with Crippen molar-refractivity contribution in [2.24, 2.45) is 0 Å². The molecule has 0 aliphatic carbocycles. The van der Waals surface area contributed by atoms with E-state index >= 15 is 0 Å². The van der Waals surface area contributed by atoms with Gasteiger partial charge in [0, 0.05) is 6.61 Å². The first kappa shape index (κ1) is 32.0. The van der Waals surface area contributed by atoms with Crippen molar-refractivity contribution in [1.29, 1.82) is 0 Å². The highest BCUT2D eigenvalue weighted by atomic mass is 31.2. The maximum Gasteiger partial charge on any atom is 0.268 e. The first-order valence-electron chi connectivity index (χ1n) is 12.8. The van der Waals surface area contributed by atoms with Crippen LogP contribution in [0.4, 0.5) is 0 Å². The van der Waals surface area contributed by atoms with Crippen molar-refractivity contribution < 1.29 is 32.8 Å². The van der Waals surface area contributed by atoms with E-state index in [9.17, 15) is 14.6 Å². The van der Waals surface area contributed by atoms with E-state index in [1.54, 1.807) is 0 Å². The van der Waals surface area contributed by atoms with Gasteiger partial charge >= 0.3 is 0 Å². The Kier molecular flexibility index (Phi) is 20.4. The molecule has 1 unspecified atom stereocenters. The van der Waals surface area contributed by atoms with Gasteiger partial charge in [-0.3, -0.25) is 4.57 Å². The van der Waals surface area contributed by atoms with Gasteiger partial charge < -0.3 is 28.3 Å². The summed E-state index contributed by atoms with van der Waals surface area (Å²) >= 11 is 0. The minimum absolute atomic E-state index is 0.0516. The van der Waals surface area contributed by atoms with Crippen LogP contribution < -0.4 is 4.89 Å². The van der Waals surface area contributed by atoms with Gasteiger partial charge in [-0.25, -0.2) is 0 Å². The van der Waals surface area contributed by atoms with E-state index in [4.69, 9.17) is 13.8 Å². The Morgan fingerprint density at radius 1 is 0.750 bits per heavy atom. The van der Waals surface area contributed by atoms with Crippen LogP contribution >= 0.6 is 7.82 Å². The molecule has 8 heteroatoms. The summed E-state index contributed by atoms with van der Waals surface area (Å²) < 4.78 is 27.2. The standard InChI is InChI=1S/C24H52NO6P/c1-5-6-7-8-9-10-11-12-13-14-15-16-17-18-20-29-22-24(26)23-31-32(27,28)30-21-19-25(2,3)4/h24,26H,5-23H2,1-4H3/t24-/m0/s1. The summed E-state index contributed by atoms with van der Waals surface area (Å²) in [4.78, 5) is 11.7. The van der Waals surface area contributed by atoms with E-state index in [0.29, 0.717) is 17.6 Å². The van der Waals surface area contributed by atoms with Crippen molar-refractivity contribution in [2.45, 2.75) is 103 Å². The fourth-order valence-electron chi connectivity index (χ4n) is 3.31. The monoisotopic (exact) mass is 481 g/mol. The van der Waals surface area contributed by atoms with Gasteiger partial charge in [0.15, 0.2) is 0 Å². The molecule has 0 saturated carbocycles. The second kappa shape index (κ2) is 20.4. The molecule has 0 aromatic heterocycles. The molecule has 0 amide bonds. The third-order valence-electron chi connectivity index (χ3n) is 5.39. The van der Waals surface area contributed by atoms with Crippen molar-refractivity contribution in [3.8, 4) is 0 Å². The van der Waals surface area contributed by atoms with Crippen LogP contribution in [-0.2, 0) is 18.3 Å². The van der Waals surface area contributed by atoms with Crippen molar-refractivity contribution in [3.05, 3.63) is 0 Å². The number of rotatable bonds is 24. The molecule has 1 N–H and O–H groups in total. The number of hydrogen-bond acceptors (Lipinski definition) is 6. The third-order valence-corrected chi connectivity index (χ3v) is 6.35. The van der Waals surface area contributed by atoms with Gasteiger partial charge in [-0.2, -0.15) is 0 Å². The van der Waals surface area contributed by atoms with E-state index in [1.807, 2.05) is 21.1 Å². The van der Waals surface area contributed by atoms with Crippen LogP contribution in [0.1, 0.15) is 96.8 Å². The number of phosphoric ester groups is 1. The summed E-state index contributed by atoms with van der Waals surface area (Å²) in [5.41, 5.74) is 0. The number of phosphoric acid groups is 1. The Bertz CT molecular complexity index is 458. The maximum atomic E-state index is 11.7. The first-order valence-corrected chi connectivity index (χ1v) is 14.3. The van der Waals surface area contributed by atoms with Crippen molar-refractivity contribution >= 4 is 7.82 Å². The molecule has 194 valence electrons. The van der Waals surface area contributed by atoms with Gasteiger partial charge in [-0.05, 0) is 6.42 Å². The molecule has 0 aliphatic heterocycles. The van der Waals surface area contributed by atoms with Crippen LogP contribution in [0.15, 0.2) is 0 Å². The predicted octanol–water partition coefficient (Wildman–Crippen LogP) is 5.05. The zero-order valence-corrected chi connectivity index (χ0v) is 22.3. The minimum Gasteiger partial charge on any atom is -0.756 e. The molecule has 7 nitrogen and oxygen atoms in total. The Morgan fingerprint density at radius 2 is 1.22 bits per heavy atom. The number of ether oxygens (including phenoxy) is 1. The molecule has 2 atom stereocenters. The van der Waals surface area contributed by atoms with Gasteiger partial charge in [-0.15, -0.1) is 0 Å². The lowest BCUT2D eigenvalue weighted by Crippen LogP contribution is -2.37. The molecular weight excluding hydrogens is 429 g/mol. The van der Waals surface area contributed by atoms with Gasteiger partial charge in [0.1, 0.15) is 19.3 Å². The number of aliphatic hydroxyl groups is 1. The van der Waals surface area contributed by atoms with Gasteiger partial charge in [0.2, 0.25) is 0 Å². The van der Waals surface area contributed by atoms with E-state index < -0.39 is 13.9 Å². The Hall–Kier alpha value is -0.0100. The van der Waals surface area contributed by atoms with Crippen LogP contribution in [-0.4, -0.2) is 69.8 Å². The normalized spacial score (nSPS) is 15.1. The number of hydrogen-bond donors (Lipinski definition) is 1. The quantitative estimate of drug-likeness (QED) is 0.118. The molecular formula is C24H52NO6P. The summed E-state index contributed by atoms with van der Waals surface area (Å²) in [6.45, 7) is 3.15. The Balaban J connectivity index is 3.40. The fourth-order valence-corrected chi connectivity index (χ4v) is 4.04. The summed E-state index contributed by atoms with van der Waals surface area (Å²) in [6.07, 6.45) is 17.3. The van der Waals surface area contributed by atoms with Crippen LogP contribution in [0.2, 0.25) is 0 Å². The zero-order chi connectivity index (χ0) is 24.1. The zero-order valence-electron chi connectivity index (χ0n) is 21.4. The van der Waals surface area contributed by atoms with E-state index in [0.717, 1.165) is 12.8 Å². The van der Waals surface area contributed by atoms with Gasteiger partial charge in [0.25, 0.3) is 7.82 Å². The highest BCUT2D eigenvalue weighted by Crippen LogP contribution is 2.38. The summed E-state index contributed by atoms with van der Waals surface area (Å²) in [7, 11) is 1.45. The molecule has 0 aliphatic rings. The molecule has 0 aromatic rings. The Labute approximate surface area is 198 Å². The average molecular weight is 482 g/mol. The smallest absolute Gasteiger partial charge is 0.268 e. The summed E-state index contributed by atoms with van der Waals surface area (Å²) in [5, 5.41) is 9.81. The minimum atomic E-state index is -4.38. The lowest BCUT2D eigenvalue weighted by atomic mass is 10.0. The molecule has 0 rings (SSSR count). The number of unbranched alkanes of at least 4 members (excludes halogenated alkanes) is 13. The van der Waals surface area contributed by atoms with E-state index in [-0.39, 0.29) is 19.8 Å². The predicted molar refractivity (Wildman–Crippen MR) is 130 cm³/mol. The molecule has 0 saturated heterocycles. The summed E-state index contributed by atoms with van der Waals surface area (Å²) in [6, 6.07) is 0. The second-order valence-electron chi connectivity index (χ2n) is 9.92. The lowest BCUT2D eigenvalue weighted by Gasteiger charge is -2.27. The SMILES string of the molecule is CCCCCCCCCCCCCCCCOC[C@H](O)COP(=O)([O-])OCC[N+](C)(C)C. The fraction of sp³-hybridized carbons (Fsp3) is 1.00. The van der Waals surface area contributed by atoms with Gasteiger partial charge in [0.05, 0.1) is 34.4 Å². The lowest BCUT2D eigenvalue weighted by molar-refractivity contribution is -0.870. The topological polar surface area (TPSA) is 88.0 Å². The van der Waals surface area contributed by atoms with E-state index in [2.05, 4.69) is 6.92 Å². The molecule has 0 radical (unpaired) electrons. The number of nitrogens with zero attached hydrogens (tertiary/aromatic N) is 1. The van der Waals surface area contributed by atoms with Gasteiger partial charge in [-0.1, -0.05) is 90.4 Å². The molecule has 0 heterocycles. The van der Waals surface area contributed by atoms with Crippen LogP contribution in [0.25, 0.3) is 0 Å². The first-order chi connectivity index (χ1) is 15.2. The molecule has 0 spiro atoms. The Morgan fingerprint density at radius 3 is 1.69 bits per heavy atom. The number of likely N-dealkylation sites (N-methyl/N-ethyl adjacent to an activating group) is 1. The molecule has 0 aromatic carbocycles. The van der Waals surface area contributed by atoms with Crippen LogP contribution in [0.3, 0.4) is 0 Å². The van der Waals surface area contributed by atoms with Crippen molar-refractivity contribution in [1.82, 2.24) is 0 Å². The third kappa shape index (κ3) is 24.6. The molecule has 0 fully saturated rings. The highest BCUT2D eigenvalue weighted by molar-refractivity contribution is 7.45.